The number of allylic oxidation sites excluding steroid dienone is 7. The SMILES string of the molecule is C=CC(C)(C)c1[nH]c2ccccc2c1C1=C(Cl)C(=O)C(c2c[nH]c3c(CC=C(C)C)cccc23)=C(Cl)C1=O. The van der Waals surface area contributed by atoms with E-state index in [1.165, 1.54) is 5.57 Å². The molecule has 2 heterocycles. The average molecular weight is 543 g/mol. The van der Waals surface area contributed by atoms with E-state index in [0.29, 0.717) is 11.1 Å². The number of aromatic nitrogens is 2. The third-order valence-electron chi connectivity index (χ3n) is 7.20. The molecule has 0 saturated carbocycles. The molecule has 0 atom stereocenters. The van der Waals surface area contributed by atoms with Crippen LogP contribution in [0.1, 0.15) is 50.1 Å². The number of hydrogen-bond donors (Lipinski definition) is 2. The summed E-state index contributed by atoms with van der Waals surface area (Å²) in [5.74, 6) is -0.957. The Hall–Kier alpha value is -3.60. The van der Waals surface area contributed by atoms with Gasteiger partial charge >= 0.3 is 0 Å². The Kier molecular flexibility index (Phi) is 6.58. The lowest BCUT2D eigenvalue weighted by Crippen LogP contribution is -2.22. The van der Waals surface area contributed by atoms with Gasteiger partial charge in [-0.05, 0) is 31.9 Å². The van der Waals surface area contributed by atoms with E-state index in [1.807, 2.05) is 56.3 Å². The largest absolute Gasteiger partial charge is 0.360 e. The van der Waals surface area contributed by atoms with E-state index in [1.54, 1.807) is 12.3 Å². The lowest BCUT2D eigenvalue weighted by molar-refractivity contribution is -0.113. The molecular weight excluding hydrogens is 515 g/mol. The second-order valence-electron chi connectivity index (χ2n) is 10.4. The molecule has 5 rings (SSSR count). The fourth-order valence-electron chi connectivity index (χ4n) is 5.00. The first kappa shape index (κ1) is 26.0. The molecule has 4 aromatic rings. The Labute approximate surface area is 231 Å². The molecule has 0 fully saturated rings. The first-order valence-corrected chi connectivity index (χ1v) is 13.2. The predicted octanol–water partition coefficient (Wildman–Crippen LogP) is 8.37. The normalized spacial score (nSPS) is 14.7. The van der Waals surface area contributed by atoms with E-state index in [-0.39, 0.29) is 21.2 Å². The van der Waals surface area contributed by atoms with Crippen molar-refractivity contribution in [2.75, 3.05) is 0 Å². The number of carbonyl (C=O) groups excluding carboxylic acids is 2. The highest BCUT2D eigenvalue weighted by Crippen LogP contribution is 2.45. The molecule has 4 nitrogen and oxygen atoms in total. The number of hydrogen-bond acceptors (Lipinski definition) is 2. The minimum atomic E-state index is -0.531. The third kappa shape index (κ3) is 4.09. The standard InChI is InChI=1S/C32H28Cl2N2O2/c1-6-32(4,5)31-23(20-11-7-8-13-22(20)36-31)25-27(34)29(37)24(26(33)30(25)38)21-16-35-28-18(15-14-17(2)3)10-9-12-19(21)28/h6-14,16,35-36H,1,15H2,2-5H3. The molecule has 192 valence electrons. The number of Topliss-reactive ketones (excluding diaryl/α,β-unsaturated/α-hetero) is 2. The Bertz CT molecular complexity index is 1750. The van der Waals surface area contributed by atoms with Crippen LogP contribution in [0.2, 0.25) is 0 Å². The van der Waals surface area contributed by atoms with Gasteiger partial charge in [0, 0.05) is 50.2 Å². The molecule has 2 N–H and O–H groups in total. The van der Waals surface area contributed by atoms with Gasteiger partial charge in [-0.1, -0.05) is 91.2 Å². The zero-order chi connectivity index (χ0) is 27.4. The number of H-pyrrole nitrogens is 2. The molecule has 0 radical (unpaired) electrons. The van der Waals surface area contributed by atoms with E-state index in [9.17, 15) is 9.59 Å². The van der Waals surface area contributed by atoms with Crippen molar-refractivity contribution in [2.24, 2.45) is 0 Å². The quantitative estimate of drug-likeness (QED) is 0.190. The summed E-state index contributed by atoms with van der Waals surface area (Å²) in [7, 11) is 0. The van der Waals surface area contributed by atoms with Crippen LogP contribution < -0.4 is 0 Å². The molecule has 1 aliphatic carbocycles. The summed E-state index contributed by atoms with van der Waals surface area (Å²) >= 11 is 13.5. The van der Waals surface area contributed by atoms with Gasteiger partial charge in [0.1, 0.15) is 10.1 Å². The fraction of sp³-hybridized carbons (Fsp3) is 0.188. The molecule has 0 amide bonds. The van der Waals surface area contributed by atoms with Crippen molar-refractivity contribution < 1.29 is 9.59 Å². The minimum absolute atomic E-state index is 0.108. The Balaban J connectivity index is 1.70. The Morgan fingerprint density at radius 3 is 2.32 bits per heavy atom. The average Bonchev–Trinajstić information content (AvgIpc) is 3.50. The fourth-order valence-corrected chi connectivity index (χ4v) is 5.56. The molecule has 1 aliphatic rings. The maximum absolute atomic E-state index is 13.9. The van der Waals surface area contributed by atoms with E-state index >= 15 is 0 Å². The predicted molar refractivity (Wildman–Crippen MR) is 159 cm³/mol. The highest BCUT2D eigenvalue weighted by Gasteiger charge is 2.39. The molecule has 2 aromatic carbocycles. The summed E-state index contributed by atoms with van der Waals surface area (Å²) in [6, 6.07) is 13.5. The van der Waals surface area contributed by atoms with E-state index in [0.717, 1.165) is 39.5 Å². The Morgan fingerprint density at radius 1 is 0.947 bits per heavy atom. The number of rotatable bonds is 6. The Morgan fingerprint density at radius 2 is 1.61 bits per heavy atom. The maximum Gasteiger partial charge on any atom is 0.207 e. The van der Waals surface area contributed by atoms with Gasteiger partial charge in [-0.3, -0.25) is 9.59 Å². The molecule has 38 heavy (non-hydrogen) atoms. The molecule has 6 heteroatoms. The monoisotopic (exact) mass is 542 g/mol. The van der Waals surface area contributed by atoms with Crippen LogP contribution in [-0.2, 0) is 21.4 Å². The van der Waals surface area contributed by atoms with Crippen LogP contribution in [0.4, 0.5) is 0 Å². The molecule has 2 aromatic heterocycles. The number of ketones is 2. The zero-order valence-electron chi connectivity index (χ0n) is 21.8. The van der Waals surface area contributed by atoms with E-state index < -0.39 is 17.0 Å². The lowest BCUT2D eigenvalue weighted by Gasteiger charge is -2.24. The van der Waals surface area contributed by atoms with Gasteiger partial charge in [-0.15, -0.1) is 6.58 Å². The van der Waals surface area contributed by atoms with Crippen molar-refractivity contribution in [3.63, 3.8) is 0 Å². The van der Waals surface area contributed by atoms with Crippen molar-refractivity contribution in [3.05, 3.63) is 105 Å². The highest BCUT2D eigenvalue weighted by atomic mass is 35.5. The van der Waals surface area contributed by atoms with Gasteiger partial charge in [0.15, 0.2) is 0 Å². The zero-order valence-corrected chi connectivity index (χ0v) is 23.3. The third-order valence-corrected chi connectivity index (χ3v) is 7.93. The summed E-state index contributed by atoms with van der Waals surface area (Å²) in [5, 5.41) is 1.32. The van der Waals surface area contributed by atoms with Gasteiger partial charge in [-0.2, -0.15) is 0 Å². The molecule has 0 aliphatic heterocycles. The number of aromatic amines is 2. The molecule has 0 unspecified atom stereocenters. The van der Waals surface area contributed by atoms with Crippen LogP contribution in [0.3, 0.4) is 0 Å². The summed E-state index contributed by atoms with van der Waals surface area (Å²) in [6.45, 7) is 12.1. The van der Waals surface area contributed by atoms with Gasteiger partial charge in [0.25, 0.3) is 0 Å². The van der Waals surface area contributed by atoms with E-state index in [2.05, 4.69) is 36.5 Å². The second kappa shape index (κ2) is 9.61. The van der Waals surface area contributed by atoms with Gasteiger partial charge in [-0.25, -0.2) is 0 Å². The molecule has 0 saturated heterocycles. The number of carbonyl (C=O) groups is 2. The highest BCUT2D eigenvalue weighted by molar-refractivity contribution is 6.68. The maximum atomic E-state index is 13.9. The minimum Gasteiger partial charge on any atom is -0.360 e. The van der Waals surface area contributed by atoms with Crippen LogP contribution in [0.15, 0.2) is 83.0 Å². The summed E-state index contributed by atoms with van der Waals surface area (Å²) in [6.07, 6.45) is 6.41. The van der Waals surface area contributed by atoms with Crippen molar-refractivity contribution in [1.29, 1.82) is 0 Å². The molecular formula is C32H28Cl2N2O2. The number of benzene rings is 2. The van der Waals surface area contributed by atoms with Crippen molar-refractivity contribution >= 4 is 67.7 Å². The van der Waals surface area contributed by atoms with Gasteiger partial charge < -0.3 is 9.97 Å². The topological polar surface area (TPSA) is 65.7 Å². The number of nitrogens with one attached hydrogen (secondary N) is 2. The van der Waals surface area contributed by atoms with Crippen molar-refractivity contribution in [2.45, 2.75) is 39.5 Å². The molecule has 0 bridgehead atoms. The van der Waals surface area contributed by atoms with Crippen LogP contribution in [-0.4, -0.2) is 21.5 Å². The summed E-state index contributed by atoms with van der Waals surface area (Å²) in [4.78, 5) is 34.5. The smallest absolute Gasteiger partial charge is 0.207 e. The van der Waals surface area contributed by atoms with E-state index in [4.69, 9.17) is 23.2 Å². The number of halogens is 2. The van der Waals surface area contributed by atoms with Gasteiger partial charge in [0.05, 0.1) is 11.1 Å². The number of para-hydroxylation sites is 2. The van der Waals surface area contributed by atoms with Crippen LogP contribution in [0.5, 0.6) is 0 Å². The first-order chi connectivity index (χ1) is 18.1. The number of fused-ring (bicyclic) bond motifs is 2. The summed E-state index contributed by atoms with van der Waals surface area (Å²) in [5.41, 5.74) is 5.60. The van der Waals surface area contributed by atoms with Crippen LogP contribution in [0, 0.1) is 0 Å². The van der Waals surface area contributed by atoms with Crippen molar-refractivity contribution in [1.82, 2.24) is 9.97 Å². The first-order valence-electron chi connectivity index (χ1n) is 12.4. The van der Waals surface area contributed by atoms with Crippen LogP contribution in [0.25, 0.3) is 33.0 Å². The second-order valence-corrected chi connectivity index (χ2v) is 11.2. The van der Waals surface area contributed by atoms with Gasteiger partial charge in [0.2, 0.25) is 11.6 Å². The molecule has 0 spiro atoms. The van der Waals surface area contributed by atoms with Crippen LogP contribution >= 0.6 is 23.2 Å². The lowest BCUT2D eigenvalue weighted by atomic mass is 9.81. The summed E-state index contributed by atoms with van der Waals surface area (Å²) < 4.78 is 0. The van der Waals surface area contributed by atoms with Crippen molar-refractivity contribution in [3.8, 4) is 0 Å².